The monoisotopic (exact) mass is 473 g/mol. The van der Waals surface area contributed by atoms with Crippen molar-refractivity contribution in [1.29, 1.82) is 0 Å². The fourth-order valence-corrected chi connectivity index (χ4v) is 5.98. The Bertz CT molecular complexity index is 1100. The minimum absolute atomic E-state index is 0.329. The van der Waals surface area contributed by atoms with Gasteiger partial charge in [-0.05, 0) is 52.7 Å². The quantitative estimate of drug-likeness (QED) is 0.406. The molecule has 1 heterocycles. The molecule has 0 aliphatic heterocycles. The van der Waals surface area contributed by atoms with E-state index in [9.17, 15) is 14.3 Å². The van der Waals surface area contributed by atoms with Crippen LogP contribution in [0.3, 0.4) is 0 Å². The van der Waals surface area contributed by atoms with Crippen LogP contribution < -0.4 is 4.90 Å². The van der Waals surface area contributed by atoms with Gasteiger partial charge in [-0.3, -0.25) is 14.3 Å². The maximum absolute atomic E-state index is 13.4. The Labute approximate surface area is 181 Å². The van der Waals surface area contributed by atoms with Gasteiger partial charge < -0.3 is 4.89 Å². The number of hydrogen-bond donors (Lipinski definition) is 1. The normalized spacial score (nSPS) is 14.5. The summed E-state index contributed by atoms with van der Waals surface area (Å²) in [5, 5.41) is 3.51. The Kier molecular flexibility index (Phi) is 6.26. The van der Waals surface area contributed by atoms with Crippen molar-refractivity contribution in [3.05, 3.63) is 75.2 Å². The van der Waals surface area contributed by atoms with Crippen molar-refractivity contribution in [2.45, 2.75) is 5.66 Å². The van der Waals surface area contributed by atoms with Crippen LogP contribution in [0.25, 0.3) is 10.1 Å². The molecule has 28 heavy (non-hydrogen) atoms. The summed E-state index contributed by atoms with van der Waals surface area (Å²) >= 11 is 19.6. The highest BCUT2D eigenvalue weighted by Crippen LogP contribution is 2.55. The van der Waals surface area contributed by atoms with Gasteiger partial charge in [0.25, 0.3) is 0 Å². The van der Waals surface area contributed by atoms with Crippen molar-refractivity contribution < 1.29 is 14.3 Å². The first-order chi connectivity index (χ1) is 13.1. The van der Waals surface area contributed by atoms with E-state index in [1.807, 2.05) is 6.07 Å². The molecule has 0 aliphatic rings. The Hall–Kier alpha value is -1.33. The van der Waals surface area contributed by atoms with Crippen molar-refractivity contribution >= 4 is 75.2 Å². The Morgan fingerprint density at radius 2 is 1.82 bits per heavy atom. The number of halogens is 3. The van der Waals surface area contributed by atoms with Crippen LogP contribution in [0.2, 0.25) is 15.1 Å². The minimum atomic E-state index is -3.89. The number of anilines is 1. The summed E-state index contributed by atoms with van der Waals surface area (Å²) in [5.74, 6) is -0.610. The molecule has 146 valence electrons. The second-order valence-electron chi connectivity index (χ2n) is 6.20. The van der Waals surface area contributed by atoms with Crippen LogP contribution >= 0.6 is 53.5 Å². The molecule has 4 nitrogen and oxygen atoms in total. The van der Waals surface area contributed by atoms with Crippen LogP contribution in [0.15, 0.2) is 54.6 Å². The van der Waals surface area contributed by atoms with Crippen molar-refractivity contribution in [1.82, 2.24) is 0 Å². The standard InChI is InChI=1S/C19H15Cl3NO3PS/c1-3-23(14-7-12(21)6-13(22)8-14)19(24)18(27(2,25)26)16-10-28-17-5-4-11(20)9-15(16)17/h3-10,18H,1H2,2H3,(H,25,26). The van der Waals surface area contributed by atoms with Crippen LogP contribution in [-0.2, 0) is 9.36 Å². The zero-order valence-electron chi connectivity index (χ0n) is 14.6. The Morgan fingerprint density at radius 3 is 2.39 bits per heavy atom. The molecule has 0 saturated heterocycles. The number of thiophene rings is 1. The number of amides is 1. The second-order valence-corrected chi connectivity index (χ2v) is 10.8. The number of rotatable bonds is 5. The van der Waals surface area contributed by atoms with Gasteiger partial charge in [0.2, 0.25) is 13.3 Å². The van der Waals surface area contributed by atoms with Gasteiger partial charge in [-0.15, -0.1) is 11.3 Å². The fraction of sp³-hybridized carbons (Fsp3) is 0.105. The summed E-state index contributed by atoms with van der Waals surface area (Å²) in [5.41, 5.74) is -0.496. The van der Waals surface area contributed by atoms with Crippen LogP contribution in [-0.4, -0.2) is 17.5 Å². The van der Waals surface area contributed by atoms with Gasteiger partial charge in [0.15, 0.2) is 0 Å². The first kappa shape index (κ1) is 21.4. The van der Waals surface area contributed by atoms with Gasteiger partial charge in [0, 0.05) is 32.6 Å². The number of fused-ring (bicyclic) bond motifs is 1. The molecule has 0 bridgehead atoms. The van der Waals surface area contributed by atoms with E-state index >= 15 is 0 Å². The van der Waals surface area contributed by atoms with E-state index in [2.05, 4.69) is 6.58 Å². The van der Waals surface area contributed by atoms with Gasteiger partial charge in [0.05, 0.1) is 5.69 Å². The molecule has 3 rings (SSSR count). The molecule has 0 spiro atoms. The van der Waals surface area contributed by atoms with E-state index in [0.717, 1.165) is 11.4 Å². The van der Waals surface area contributed by atoms with E-state index in [1.54, 1.807) is 17.5 Å². The third kappa shape index (κ3) is 4.30. The summed E-state index contributed by atoms with van der Waals surface area (Å²) in [6, 6.07) is 9.83. The number of benzene rings is 2. The van der Waals surface area contributed by atoms with Crippen LogP contribution in [0.4, 0.5) is 5.69 Å². The van der Waals surface area contributed by atoms with Crippen molar-refractivity contribution in [3.63, 3.8) is 0 Å². The summed E-state index contributed by atoms with van der Waals surface area (Å²) in [4.78, 5) is 25.0. The predicted octanol–water partition coefficient (Wildman–Crippen LogP) is 6.98. The van der Waals surface area contributed by atoms with Crippen LogP contribution in [0.5, 0.6) is 0 Å². The van der Waals surface area contributed by atoms with Gasteiger partial charge >= 0.3 is 0 Å². The highest BCUT2D eigenvalue weighted by molar-refractivity contribution is 7.58. The average molecular weight is 475 g/mol. The van der Waals surface area contributed by atoms with E-state index in [-0.39, 0.29) is 0 Å². The smallest absolute Gasteiger partial charge is 0.248 e. The Morgan fingerprint density at radius 1 is 1.18 bits per heavy atom. The summed E-state index contributed by atoms with van der Waals surface area (Å²) < 4.78 is 13.6. The zero-order valence-corrected chi connectivity index (χ0v) is 18.6. The minimum Gasteiger partial charge on any atom is -0.344 e. The lowest BCUT2D eigenvalue weighted by Crippen LogP contribution is -2.30. The van der Waals surface area contributed by atoms with E-state index < -0.39 is 18.9 Å². The molecule has 2 aromatic carbocycles. The van der Waals surface area contributed by atoms with E-state index in [0.29, 0.717) is 31.7 Å². The third-order valence-electron chi connectivity index (χ3n) is 4.12. The summed E-state index contributed by atoms with van der Waals surface area (Å²) in [6.07, 6.45) is 1.27. The predicted molar refractivity (Wildman–Crippen MR) is 119 cm³/mol. The molecule has 9 heteroatoms. The molecule has 3 aromatic rings. The maximum atomic E-state index is 13.4. The number of nitrogens with zero attached hydrogens (tertiary/aromatic N) is 1. The molecule has 2 unspecified atom stereocenters. The van der Waals surface area contributed by atoms with Gasteiger partial charge in [-0.2, -0.15) is 0 Å². The summed E-state index contributed by atoms with van der Waals surface area (Å²) in [6.45, 7) is 4.83. The fourth-order valence-electron chi connectivity index (χ4n) is 2.96. The van der Waals surface area contributed by atoms with Gasteiger partial charge in [0.1, 0.15) is 5.66 Å². The van der Waals surface area contributed by atoms with Gasteiger partial charge in [-0.25, -0.2) is 0 Å². The van der Waals surface area contributed by atoms with Crippen molar-refractivity contribution in [2.24, 2.45) is 0 Å². The number of carbonyl (C=O) groups excluding carboxylic acids is 1. The average Bonchev–Trinajstić information content (AvgIpc) is 2.96. The topological polar surface area (TPSA) is 57.6 Å². The lowest BCUT2D eigenvalue weighted by atomic mass is 10.1. The number of hydrogen-bond acceptors (Lipinski definition) is 3. The molecule has 2 atom stereocenters. The molecule has 0 saturated carbocycles. The first-order valence-electron chi connectivity index (χ1n) is 8.00. The molecule has 0 aliphatic carbocycles. The zero-order chi connectivity index (χ0) is 20.6. The largest absolute Gasteiger partial charge is 0.344 e. The molecule has 0 radical (unpaired) electrons. The molecule has 1 N–H and O–H groups in total. The highest BCUT2D eigenvalue weighted by Gasteiger charge is 2.39. The third-order valence-corrected chi connectivity index (χ3v) is 7.23. The molecular weight excluding hydrogens is 460 g/mol. The Balaban J connectivity index is 2.15. The van der Waals surface area contributed by atoms with E-state index in [4.69, 9.17) is 34.8 Å². The first-order valence-corrected chi connectivity index (χ1v) is 12.2. The highest BCUT2D eigenvalue weighted by atomic mass is 35.5. The molecule has 1 aromatic heterocycles. The van der Waals surface area contributed by atoms with Crippen LogP contribution in [0, 0.1) is 0 Å². The van der Waals surface area contributed by atoms with Gasteiger partial charge in [-0.1, -0.05) is 41.4 Å². The molecule has 1 amide bonds. The SMILES string of the molecule is C=CN(C(=O)C(c1csc2ccc(Cl)cc12)P(C)(=O)O)c1cc(Cl)cc(Cl)c1. The number of carbonyl (C=O) groups is 1. The van der Waals surface area contributed by atoms with Crippen molar-refractivity contribution in [3.8, 4) is 0 Å². The summed E-state index contributed by atoms with van der Waals surface area (Å²) in [7, 11) is -3.89. The molecular formula is C19H15Cl3NO3PS. The lowest BCUT2D eigenvalue weighted by molar-refractivity contribution is -0.117. The maximum Gasteiger partial charge on any atom is 0.248 e. The second kappa shape index (κ2) is 8.19. The molecule has 0 fully saturated rings. The van der Waals surface area contributed by atoms with Crippen LogP contribution in [0.1, 0.15) is 11.2 Å². The van der Waals surface area contributed by atoms with E-state index in [1.165, 1.54) is 40.6 Å². The van der Waals surface area contributed by atoms with Crippen molar-refractivity contribution in [2.75, 3.05) is 11.6 Å². The lowest BCUT2D eigenvalue weighted by Gasteiger charge is -2.26.